The van der Waals surface area contributed by atoms with Crippen LogP contribution in [0.3, 0.4) is 0 Å². The second kappa shape index (κ2) is 10.3. The summed E-state index contributed by atoms with van der Waals surface area (Å²) in [6, 6.07) is 15.2. The number of carbonyl (C=O) groups is 1. The molecule has 0 spiro atoms. The minimum atomic E-state index is -0.259. The number of ether oxygens (including phenoxy) is 1. The fraction of sp³-hybridized carbons (Fsp3) is 0.250. The average Bonchev–Trinajstić information content (AvgIpc) is 3.13. The lowest BCUT2D eigenvalue weighted by Crippen LogP contribution is -2.15. The van der Waals surface area contributed by atoms with Gasteiger partial charge >= 0.3 is 0 Å². The largest absolute Gasteiger partial charge is 0.483 e. The fourth-order valence-electron chi connectivity index (χ4n) is 2.67. The van der Waals surface area contributed by atoms with E-state index in [9.17, 15) is 4.79 Å². The molecule has 1 amide bonds. The predicted octanol–water partition coefficient (Wildman–Crippen LogP) is 5.69. The number of nitrogens with one attached hydrogen (secondary N) is 1. The van der Waals surface area contributed by atoms with Gasteiger partial charge in [0.25, 0.3) is 0 Å². The van der Waals surface area contributed by atoms with Crippen LogP contribution < -0.4 is 10.1 Å². The van der Waals surface area contributed by atoms with E-state index in [1.54, 1.807) is 0 Å². The van der Waals surface area contributed by atoms with Crippen molar-refractivity contribution in [3.05, 3.63) is 63.3 Å². The van der Waals surface area contributed by atoms with Gasteiger partial charge in [0.15, 0.2) is 17.1 Å². The summed E-state index contributed by atoms with van der Waals surface area (Å²) < 4.78 is 9.66. The van der Waals surface area contributed by atoms with E-state index in [1.165, 1.54) is 11.8 Å². The molecule has 1 atom stereocenters. The topological polar surface area (TPSA) is 69.0 Å². The van der Waals surface area contributed by atoms with E-state index in [2.05, 4.69) is 47.4 Å². The number of nitrogens with zero attached hydrogens (tertiary/aromatic N) is 3. The van der Waals surface area contributed by atoms with Gasteiger partial charge in [0.2, 0.25) is 5.91 Å². The number of halogens is 2. The zero-order chi connectivity index (χ0) is 20.8. The minimum Gasteiger partial charge on any atom is -0.483 e. The highest BCUT2D eigenvalue weighted by atomic mass is 79.9. The number of hydrogen-bond donors (Lipinski definition) is 1. The van der Waals surface area contributed by atoms with Crippen molar-refractivity contribution >= 4 is 55.2 Å². The highest BCUT2D eigenvalue weighted by molar-refractivity contribution is 9.11. The Morgan fingerprint density at radius 2 is 1.97 bits per heavy atom. The Bertz CT molecular complexity index is 982. The first-order valence-electron chi connectivity index (χ1n) is 9.00. The van der Waals surface area contributed by atoms with Gasteiger partial charge in [-0.1, -0.05) is 45.9 Å². The maximum Gasteiger partial charge on any atom is 0.234 e. The molecule has 152 valence electrons. The maximum absolute atomic E-state index is 12.4. The summed E-state index contributed by atoms with van der Waals surface area (Å²) in [5.41, 5.74) is 0.715. The van der Waals surface area contributed by atoms with E-state index in [-0.39, 0.29) is 17.8 Å². The monoisotopic (exact) mass is 538 g/mol. The third kappa shape index (κ3) is 5.83. The lowest BCUT2D eigenvalue weighted by Gasteiger charge is -2.15. The van der Waals surface area contributed by atoms with Crippen molar-refractivity contribution in [1.82, 2.24) is 14.8 Å². The molecule has 0 unspecified atom stereocenters. The molecule has 1 N–H and O–H groups in total. The summed E-state index contributed by atoms with van der Waals surface area (Å²) in [6.45, 7) is 4.64. The SMILES string of the molecule is CCn1c(SCC(=O)Nc2cc(Br)ccc2Br)nnc1[C@@H](C)Oc1ccccc1. The zero-order valence-electron chi connectivity index (χ0n) is 15.9. The van der Waals surface area contributed by atoms with Crippen LogP contribution in [0.4, 0.5) is 5.69 Å². The van der Waals surface area contributed by atoms with Crippen LogP contribution in [0.15, 0.2) is 62.6 Å². The number of para-hydroxylation sites is 1. The van der Waals surface area contributed by atoms with Crippen LogP contribution in [0.2, 0.25) is 0 Å². The summed E-state index contributed by atoms with van der Waals surface area (Å²) in [4.78, 5) is 12.4. The van der Waals surface area contributed by atoms with Gasteiger partial charge in [-0.25, -0.2) is 0 Å². The number of carbonyl (C=O) groups excluding carboxylic acids is 1. The van der Waals surface area contributed by atoms with Crippen molar-refractivity contribution in [2.75, 3.05) is 11.1 Å². The highest BCUT2D eigenvalue weighted by Crippen LogP contribution is 2.27. The molecule has 0 aliphatic carbocycles. The maximum atomic E-state index is 12.4. The molecule has 29 heavy (non-hydrogen) atoms. The van der Waals surface area contributed by atoms with Crippen LogP contribution >= 0.6 is 43.6 Å². The normalized spacial score (nSPS) is 11.9. The van der Waals surface area contributed by atoms with Crippen LogP contribution in [-0.2, 0) is 11.3 Å². The number of hydrogen-bond acceptors (Lipinski definition) is 5. The van der Waals surface area contributed by atoms with Gasteiger partial charge in [0.05, 0.1) is 11.4 Å². The number of aromatic nitrogens is 3. The summed E-state index contributed by atoms with van der Waals surface area (Å²) in [5.74, 6) is 1.62. The first kappa shape index (κ1) is 21.9. The van der Waals surface area contributed by atoms with Crippen molar-refractivity contribution in [2.24, 2.45) is 0 Å². The Labute approximate surface area is 190 Å². The molecule has 0 aliphatic heterocycles. The molecule has 1 aromatic heterocycles. The van der Waals surface area contributed by atoms with Gasteiger partial charge in [0.1, 0.15) is 5.75 Å². The molecular weight excluding hydrogens is 520 g/mol. The second-order valence-corrected chi connectivity index (χ2v) is 8.83. The van der Waals surface area contributed by atoms with Crippen molar-refractivity contribution < 1.29 is 9.53 Å². The number of amides is 1. The van der Waals surface area contributed by atoms with Gasteiger partial charge in [-0.3, -0.25) is 4.79 Å². The third-order valence-corrected chi connectivity index (χ3v) is 6.17. The van der Waals surface area contributed by atoms with Crippen LogP contribution in [0.25, 0.3) is 0 Å². The summed E-state index contributed by atoms with van der Waals surface area (Å²) in [7, 11) is 0. The van der Waals surface area contributed by atoms with Gasteiger partial charge in [-0.15, -0.1) is 10.2 Å². The molecule has 0 radical (unpaired) electrons. The number of benzene rings is 2. The standard InChI is InChI=1S/C20H20Br2N4O2S/c1-3-26-19(13(2)28-15-7-5-4-6-8-15)24-25-20(26)29-12-18(27)23-17-11-14(21)9-10-16(17)22/h4-11,13H,3,12H2,1-2H3,(H,23,27)/t13-/m1/s1. The second-order valence-electron chi connectivity index (χ2n) is 6.12. The molecular formula is C20H20Br2N4O2S. The lowest BCUT2D eigenvalue weighted by molar-refractivity contribution is -0.113. The minimum absolute atomic E-state index is 0.116. The van der Waals surface area contributed by atoms with Crippen molar-refractivity contribution in [3.8, 4) is 5.75 Å². The van der Waals surface area contributed by atoms with Gasteiger partial charge in [0, 0.05) is 15.5 Å². The third-order valence-electron chi connectivity index (χ3n) is 4.02. The Morgan fingerprint density at radius 1 is 1.21 bits per heavy atom. The molecule has 0 fully saturated rings. The Hall–Kier alpha value is -1.84. The Morgan fingerprint density at radius 3 is 2.69 bits per heavy atom. The molecule has 6 nitrogen and oxygen atoms in total. The fourth-order valence-corrected chi connectivity index (χ4v) is 4.19. The van der Waals surface area contributed by atoms with E-state index in [4.69, 9.17) is 4.74 Å². The highest BCUT2D eigenvalue weighted by Gasteiger charge is 2.19. The average molecular weight is 540 g/mol. The van der Waals surface area contributed by atoms with E-state index < -0.39 is 0 Å². The number of thioether (sulfide) groups is 1. The van der Waals surface area contributed by atoms with Crippen LogP contribution in [-0.4, -0.2) is 26.4 Å². The summed E-state index contributed by atoms with van der Waals surface area (Å²) >= 11 is 8.20. The molecule has 0 saturated carbocycles. The van der Waals surface area contributed by atoms with Crippen LogP contribution in [0.5, 0.6) is 5.75 Å². The van der Waals surface area contributed by atoms with E-state index in [1.807, 2.05) is 66.9 Å². The predicted molar refractivity (Wildman–Crippen MR) is 122 cm³/mol. The van der Waals surface area contributed by atoms with Gasteiger partial charge < -0.3 is 14.6 Å². The summed E-state index contributed by atoms with van der Waals surface area (Å²) in [5, 5.41) is 12.1. The smallest absolute Gasteiger partial charge is 0.234 e. The van der Waals surface area contributed by atoms with E-state index >= 15 is 0 Å². The van der Waals surface area contributed by atoms with Crippen molar-refractivity contribution in [3.63, 3.8) is 0 Å². The van der Waals surface area contributed by atoms with E-state index in [0.717, 1.165) is 20.5 Å². The molecule has 3 rings (SSSR count). The molecule has 0 aliphatic rings. The number of anilines is 1. The van der Waals surface area contributed by atoms with Crippen LogP contribution in [0, 0.1) is 0 Å². The van der Waals surface area contributed by atoms with E-state index in [0.29, 0.717) is 17.4 Å². The van der Waals surface area contributed by atoms with Crippen molar-refractivity contribution in [2.45, 2.75) is 31.7 Å². The molecule has 2 aromatic carbocycles. The Kier molecular flexibility index (Phi) is 7.74. The van der Waals surface area contributed by atoms with Gasteiger partial charge in [-0.2, -0.15) is 0 Å². The number of rotatable bonds is 8. The zero-order valence-corrected chi connectivity index (χ0v) is 19.9. The molecule has 1 heterocycles. The van der Waals surface area contributed by atoms with Gasteiger partial charge in [-0.05, 0) is 60.1 Å². The Balaban J connectivity index is 1.64. The quantitative estimate of drug-likeness (QED) is 0.372. The first-order valence-corrected chi connectivity index (χ1v) is 11.6. The molecule has 9 heteroatoms. The molecule has 0 bridgehead atoms. The van der Waals surface area contributed by atoms with Crippen LogP contribution in [0.1, 0.15) is 25.8 Å². The molecule has 0 saturated heterocycles. The summed E-state index contributed by atoms with van der Waals surface area (Å²) in [6.07, 6.45) is -0.259. The molecule has 3 aromatic rings. The first-order chi connectivity index (χ1) is 14.0. The lowest BCUT2D eigenvalue weighted by atomic mass is 10.3. The van der Waals surface area contributed by atoms with Crippen molar-refractivity contribution in [1.29, 1.82) is 0 Å².